The Morgan fingerprint density at radius 3 is 2.00 bits per heavy atom. The first kappa shape index (κ1) is 19.3. The molecule has 2 aromatic heterocycles. The van der Waals surface area contributed by atoms with E-state index in [9.17, 15) is 0 Å². The maximum atomic E-state index is 6.45. The maximum Gasteiger partial charge on any atom is 0.0788 e. The van der Waals surface area contributed by atoms with Crippen LogP contribution >= 0.6 is 11.6 Å². The lowest BCUT2D eigenvalue weighted by Gasteiger charge is -2.12. The fraction of sp³-hybridized carbons (Fsp3) is 0. The molecule has 0 aliphatic rings. The van der Waals surface area contributed by atoms with Crippen LogP contribution in [0, 0.1) is 0 Å². The van der Waals surface area contributed by atoms with E-state index in [2.05, 4.69) is 102 Å². The maximum absolute atomic E-state index is 6.45. The van der Waals surface area contributed by atoms with Gasteiger partial charge in [0.05, 0.1) is 22.2 Å². The lowest BCUT2D eigenvalue weighted by atomic mass is 9.99. The van der Waals surface area contributed by atoms with Crippen molar-refractivity contribution in [1.82, 2.24) is 9.55 Å². The van der Waals surface area contributed by atoms with Crippen LogP contribution in [0.2, 0.25) is 5.02 Å². The van der Waals surface area contributed by atoms with Crippen LogP contribution in [0.3, 0.4) is 0 Å². The Kier molecular flexibility index (Phi) is 4.23. The fourth-order valence-corrected chi connectivity index (χ4v) is 5.28. The number of fused-ring (bicyclic) bond motifs is 6. The van der Waals surface area contributed by atoms with E-state index in [0.29, 0.717) is 0 Å². The molecule has 3 heteroatoms. The van der Waals surface area contributed by atoms with E-state index in [1.165, 1.54) is 5.39 Å². The van der Waals surface area contributed by atoms with Gasteiger partial charge in [-0.3, -0.25) is 0 Å². The lowest BCUT2D eigenvalue weighted by Crippen LogP contribution is -1.94. The smallest absolute Gasteiger partial charge is 0.0788 e. The van der Waals surface area contributed by atoms with E-state index in [1.54, 1.807) is 0 Å². The lowest BCUT2D eigenvalue weighted by molar-refractivity contribution is 1.18. The monoisotopic (exact) mass is 454 g/mol. The molecule has 0 spiro atoms. The molecule has 7 aromatic rings. The summed E-state index contributed by atoms with van der Waals surface area (Å²) in [7, 11) is 0. The number of nitrogens with zero attached hydrogens (tertiary/aromatic N) is 2. The third kappa shape index (κ3) is 2.86. The Labute approximate surface area is 201 Å². The van der Waals surface area contributed by atoms with Gasteiger partial charge in [-0.2, -0.15) is 0 Å². The number of para-hydroxylation sites is 1. The summed E-state index contributed by atoms with van der Waals surface area (Å²) >= 11 is 6.45. The van der Waals surface area contributed by atoms with Crippen molar-refractivity contribution in [3.8, 4) is 16.9 Å². The Hall–Kier alpha value is -4.14. The average Bonchev–Trinajstić information content (AvgIpc) is 3.20. The number of pyridine rings is 1. The van der Waals surface area contributed by atoms with Gasteiger partial charge in [-0.15, -0.1) is 0 Å². The summed E-state index contributed by atoms with van der Waals surface area (Å²) in [5.74, 6) is 0. The molecule has 0 radical (unpaired) electrons. The number of hydrogen-bond donors (Lipinski definition) is 0. The minimum Gasteiger partial charge on any atom is -0.309 e. The molecule has 0 aliphatic carbocycles. The van der Waals surface area contributed by atoms with Crippen LogP contribution < -0.4 is 0 Å². The highest BCUT2D eigenvalue weighted by Gasteiger charge is 2.17. The van der Waals surface area contributed by atoms with Crippen molar-refractivity contribution >= 4 is 55.1 Å². The average molecular weight is 455 g/mol. The minimum absolute atomic E-state index is 0.733. The zero-order chi connectivity index (χ0) is 22.6. The quantitative estimate of drug-likeness (QED) is 0.238. The molecule has 5 aromatic carbocycles. The van der Waals surface area contributed by atoms with E-state index < -0.39 is 0 Å². The van der Waals surface area contributed by atoms with Gasteiger partial charge >= 0.3 is 0 Å². The van der Waals surface area contributed by atoms with Crippen LogP contribution in [0.15, 0.2) is 115 Å². The van der Waals surface area contributed by atoms with Crippen LogP contribution in [0.4, 0.5) is 0 Å². The van der Waals surface area contributed by atoms with Gasteiger partial charge in [0.1, 0.15) is 0 Å². The van der Waals surface area contributed by atoms with E-state index in [4.69, 9.17) is 16.6 Å². The summed E-state index contributed by atoms with van der Waals surface area (Å²) < 4.78 is 2.32. The van der Waals surface area contributed by atoms with Crippen molar-refractivity contribution in [2.24, 2.45) is 0 Å². The number of halogens is 1. The van der Waals surface area contributed by atoms with E-state index >= 15 is 0 Å². The topological polar surface area (TPSA) is 17.8 Å². The Morgan fingerprint density at radius 2 is 1.21 bits per heavy atom. The molecule has 2 nitrogen and oxygen atoms in total. The molecule has 0 N–H and O–H groups in total. The first-order valence-electron chi connectivity index (χ1n) is 11.3. The summed E-state index contributed by atoms with van der Waals surface area (Å²) in [6.45, 7) is 0. The normalized spacial score (nSPS) is 11.7. The van der Waals surface area contributed by atoms with Gasteiger partial charge in [-0.25, -0.2) is 4.98 Å². The molecule has 0 fully saturated rings. The van der Waals surface area contributed by atoms with Gasteiger partial charge in [0.2, 0.25) is 0 Å². The first-order valence-corrected chi connectivity index (χ1v) is 11.7. The summed E-state index contributed by atoms with van der Waals surface area (Å²) in [6, 6.07) is 40.1. The zero-order valence-electron chi connectivity index (χ0n) is 18.2. The summed E-state index contributed by atoms with van der Waals surface area (Å²) in [6.07, 6.45) is 0. The minimum atomic E-state index is 0.733. The van der Waals surface area contributed by atoms with Crippen molar-refractivity contribution in [1.29, 1.82) is 0 Å². The first-order chi connectivity index (χ1) is 16.8. The summed E-state index contributed by atoms with van der Waals surface area (Å²) in [5.41, 5.74) is 6.52. The van der Waals surface area contributed by atoms with Gasteiger partial charge in [0.25, 0.3) is 0 Å². The SMILES string of the molecule is Clc1ccc2c(c1)c1cc3nc(-c4ccccc4)c4ccccc4c3cc1n2-c1ccccc1. The van der Waals surface area contributed by atoms with Crippen LogP contribution in [0.5, 0.6) is 0 Å². The van der Waals surface area contributed by atoms with Gasteiger partial charge in [0.15, 0.2) is 0 Å². The van der Waals surface area contributed by atoms with E-state index in [1.807, 2.05) is 18.2 Å². The molecular weight excluding hydrogens is 436 g/mol. The molecule has 0 atom stereocenters. The zero-order valence-corrected chi connectivity index (χ0v) is 19.0. The summed E-state index contributed by atoms with van der Waals surface area (Å²) in [4.78, 5) is 5.19. The van der Waals surface area contributed by atoms with Gasteiger partial charge in [-0.05, 0) is 47.9 Å². The summed E-state index contributed by atoms with van der Waals surface area (Å²) in [5, 5.41) is 6.52. The highest BCUT2D eigenvalue weighted by Crippen LogP contribution is 2.39. The van der Waals surface area contributed by atoms with Crippen LogP contribution in [0.1, 0.15) is 0 Å². The van der Waals surface area contributed by atoms with Crippen molar-refractivity contribution in [3.05, 3.63) is 120 Å². The van der Waals surface area contributed by atoms with Gasteiger partial charge < -0.3 is 4.57 Å². The molecule has 2 heterocycles. The molecule has 0 saturated carbocycles. The predicted molar refractivity (Wildman–Crippen MR) is 144 cm³/mol. The Bertz CT molecular complexity index is 1850. The molecule has 34 heavy (non-hydrogen) atoms. The fourth-order valence-electron chi connectivity index (χ4n) is 5.11. The number of hydrogen-bond acceptors (Lipinski definition) is 1. The molecule has 0 saturated heterocycles. The van der Waals surface area contributed by atoms with Gasteiger partial charge in [-0.1, -0.05) is 84.4 Å². The second-order valence-corrected chi connectivity index (χ2v) is 9.03. The number of rotatable bonds is 2. The highest BCUT2D eigenvalue weighted by molar-refractivity contribution is 6.32. The largest absolute Gasteiger partial charge is 0.309 e. The van der Waals surface area contributed by atoms with Crippen LogP contribution in [-0.4, -0.2) is 9.55 Å². The second-order valence-electron chi connectivity index (χ2n) is 8.59. The van der Waals surface area contributed by atoms with Crippen molar-refractivity contribution in [3.63, 3.8) is 0 Å². The van der Waals surface area contributed by atoms with Crippen molar-refractivity contribution in [2.75, 3.05) is 0 Å². The van der Waals surface area contributed by atoms with Crippen molar-refractivity contribution in [2.45, 2.75) is 0 Å². The third-order valence-corrected chi connectivity index (χ3v) is 6.85. The number of benzene rings is 5. The van der Waals surface area contributed by atoms with Crippen LogP contribution in [-0.2, 0) is 0 Å². The Balaban J connectivity index is 1.67. The molecule has 0 amide bonds. The van der Waals surface area contributed by atoms with Crippen molar-refractivity contribution < 1.29 is 0 Å². The predicted octanol–water partition coefficient (Wildman–Crippen LogP) is 8.81. The molecule has 7 rings (SSSR count). The van der Waals surface area contributed by atoms with Crippen LogP contribution in [0.25, 0.3) is 60.4 Å². The highest BCUT2D eigenvalue weighted by atomic mass is 35.5. The second kappa shape index (κ2) is 7.44. The molecule has 160 valence electrons. The molecule has 0 bridgehead atoms. The molecule has 0 unspecified atom stereocenters. The molecular formula is C31H19ClN2. The third-order valence-electron chi connectivity index (χ3n) is 6.61. The Morgan fingerprint density at radius 1 is 0.529 bits per heavy atom. The standard InChI is InChI=1S/C31H19ClN2/c32-21-15-16-29-26(17-21)27-18-28-25(19-30(27)34(29)22-11-5-2-6-12-22)23-13-7-8-14-24(23)31(33-28)20-9-3-1-4-10-20/h1-19H. The van der Waals surface area contributed by atoms with Gasteiger partial charge in [0, 0.05) is 37.8 Å². The van der Waals surface area contributed by atoms with E-state index in [0.717, 1.165) is 60.1 Å². The number of aromatic nitrogens is 2. The van der Waals surface area contributed by atoms with E-state index in [-0.39, 0.29) is 0 Å². The molecule has 0 aliphatic heterocycles.